The lowest BCUT2D eigenvalue weighted by Gasteiger charge is -2.16. The third-order valence-corrected chi connectivity index (χ3v) is 4.09. The zero-order valence-corrected chi connectivity index (χ0v) is 12.6. The van der Waals surface area contributed by atoms with E-state index in [2.05, 4.69) is 11.8 Å². The van der Waals surface area contributed by atoms with Crippen molar-refractivity contribution >= 4 is 22.9 Å². The number of hydrogen-bond acceptors (Lipinski definition) is 3. The summed E-state index contributed by atoms with van der Waals surface area (Å²) in [5.41, 5.74) is 6.95. The molecule has 1 amide bonds. The third-order valence-electron chi connectivity index (χ3n) is 2.95. The van der Waals surface area contributed by atoms with E-state index in [4.69, 9.17) is 5.73 Å². The molecule has 0 atom stereocenters. The van der Waals surface area contributed by atoms with E-state index in [9.17, 15) is 9.18 Å². The van der Waals surface area contributed by atoms with E-state index in [1.165, 1.54) is 28.4 Å². The molecule has 5 heteroatoms. The highest BCUT2D eigenvalue weighted by Crippen LogP contribution is 2.24. The normalized spacial score (nSPS) is 9.90. The van der Waals surface area contributed by atoms with Crippen LogP contribution in [-0.2, 0) is 0 Å². The van der Waals surface area contributed by atoms with Gasteiger partial charge in [0.25, 0.3) is 5.91 Å². The molecule has 21 heavy (non-hydrogen) atoms. The molecule has 2 aromatic rings. The van der Waals surface area contributed by atoms with Crippen LogP contribution in [0.5, 0.6) is 0 Å². The minimum atomic E-state index is -0.328. The number of thiophene rings is 1. The van der Waals surface area contributed by atoms with E-state index in [-0.39, 0.29) is 18.3 Å². The fourth-order valence-corrected chi connectivity index (χ4v) is 2.81. The van der Waals surface area contributed by atoms with Gasteiger partial charge < -0.3 is 10.6 Å². The Labute approximate surface area is 127 Å². The Morgan fingerprint density at radius 3 is 2.67 bits per heavy atom. The first-order chi connectivity index (χ1) is 10.0. The Hall–Kier alpha value is -2.16. The minimum Gasteiger partial charge on any atom is -0.320 e. The summed E-state index contributed by atoms with van der Waals surface area (Å²) in [6.45, 7) is 2.20. The van der Waals surface area contributed by atoms with Crippen molar-refractivity contribution in [2.45, 2.75) is 6.92 Å². The van der Waals surface area contributed by atoms with Gasteiger partial charge in [-0.15, -0.1) is 11.3 Å². The van der Waals surface area contributed by atoms with Crippen molar-refractivity contribution in [3.63, 3.8) is 0 Å². The van der Waals surface area contributed by atoms with Crippen LogP contribution in [0.2, 0.25) is 0 Å². The van der Waals surface area contributed by atoms with Gasteiger partial charge in [-0.25, -0.2) is 4.39 Å². The van der Waals surface area contributed by atoms with Crippen LogP contribution >= 0.6 is 11.3 Å². The first-order valence-electron chi connectivity index (χ1n) is 6.36. The summed E-state index contributed by atoms with van der Waals surface area (Å²) in [6, 6.07) is 7.62. The topological polar surface area (TPSA) is 46.3 Å². The van der Waals surface area contributed by atoms with Gasteiger partial charge in [-0.3, -0.25) is 4.79 Å². The number of nitrogens with zero attached hydrogens (tertiary/aromatic N) is 1. The maximum Gasteiger partial charge on any atom is 0.268 e. The van der Waals surface area contributed by atoms with Gasteiger partial charge in [0.05, 0.1) is 16.3 Å². The van der Waals surface area contributed by atoms with Crippen molar-refractivity contribution in [2.24, 2.45) is 5.73 Å². The van der Waals surface area contributed by atoms with Gasteiger partial charge in [0.2, 0.25) is 0 Å². The Morgan fingerprint density at radius 1 is 1.38 bits per heavy atom. The number of aryl methyl sites for hydroxylation is 1. The maximum absolute atomic E-state index is 12.9. The maximum atomic E-state index is 12.9. The second kappa shape index (κ2) is 6.53. The number of benzene rings is 1. The molecule has 2 N–H and O–H groups in total. The summed E-state index contributed by atoms with van der Waals surface area (Å²) in [7, 11) is 1.66. The van der Waals surface area contributed by atoms with Crippen LogP contribution in [0, 0.1) is 24.6 Å². The average molecular weight is 302 g/mol. The fraction of sp³-hybridized carbons (Fsp3) is 0.188. The lowest BCUT2D eigenvalue weighted by molar-refractivity contribution is 0.0997. The molecule has 0 saturated heterocycles. The molecular weight excluding hydrogens is 287 g/mol. The molecule has 3 nitrogen and oxygen atoms in total. The Kier molecular flexibility index (Phi) is 4.73. The SMILES string of the molecule is Cc1cc(C(=O)N(C)c2ccc(F)cc2)sc1C#CCN. The molecule has 0 bridgehead atoms. The van der Waals surface area contributed by atoms with Crippen LogP contribution in [0.15, 0.2) is 30.3 Å². The lowest BCUT2D eigenvalue weighted by atomic mass is 10.2. The molecule has 2 rings (SSSR count). The van der Waals surface area contributed by atoms with Crippen LogP contribution in [0.25, 0.3) is 0 Å². The summed E-state index contributed by atoms with van der Waals surface area (Å²) >= 11 is 1.34. The van der Waals surface area contributed by atoms with E-state index in [0.717, 1.165) is 10.4 Å². The van der Waals surface area contributed by atoms with Gasteiger partial charge in [0.15, 0.2) is 0 Å². The summed E-state index contributed by atoms with van der Waals surface area (Å²) in [4.78, 5) is 15.4. The highest BCUT2D eigenvalue weighted by Gasteiger charge is 2.17. The molecule has 0 spiro atoms. The average Bonchev–Trinajstić information content (AvgIpc) is 2.85. The second-order valence-corrected chi connectivity index (χ2v) is 5.52. The summed E-state index contributed by atoms with van der Waals surface area (Å²) < 4.78 is 12.9. The Bertz CT molecular complexity index is 710. The van der Waals surface area contributed by atoms with Crippen molar-refractivity contribution in [2.75, 3.05) is 18.5 Å². The molecule has 0 unspecified atom stereocenters. The monoisotopic (exact) mass is 302 g/mol. The van der Waals surface area contributed by atoms with E-state index >= 15 is 0 Å². The molecule has 1 aromatic carbocycles. The number of anilines is 1. The zero-order valence-electron chi connectivity index (χ0n) is 11.8. The molecule has 1 heterocycles. The predicted octanol–water partition coefficient (Wildman–Crippen LogP) is 2.78. The first kappa shape index (κ1) is 15.2. The van der Waals surface area contributed by atoms with Crippen LogP contribution in [0.1, 0.15) is 20.1 Å². The van der Waals surface area contributed by atoms with Crippen LogP contribution < -0.4 is 10.6 Å². The van der Waals surface area contributed by atoms with Gasteiger partial charge >= 0.3 is 0 Å². The third kappa shape index (κ3) is 3.48. The number of nitrogens with two attached hydrogens (primary N) is 1. The van der Waals surface area contributed by atoms with Gasteiger partial charge in [-0.2, -0.15) is 0 Å². The highest BCUT2D eigenvalue weighted by molar-refractivity contribution is 7.14. The molecule has 108 valence electrons. The van der Waals surface area contributed by atoms with Gasteiger partial charge in [-0.05, 0) is 42.8 Å². The number of carbonyl (C=O) groups is 1. The Balaban J connectivity index is 2.25. The standard InChI is InChI=1S/C16H15FN2OS/c1-11-10-15(21-14(11)4-3-9-18)16(20)19(2)13-7-5-12(17)6-8-13/h5-8,10H,9,18H2,1-2H3. The van der Waals surface area contributed by atoms with Crippen molar-refractivity contribution < 1.29 is 9.18 Å². The quantitative estimate of drug-likeness (QED) is 0.867. The first-order valence-corrected chi connectivity index (χ1v) is 7.17. The minimum absolute atomic E-state index is 0.143. The van der Waals surface area contributed by atoms with Crippen molar-refractivity contribution in [1.82, 2.24) is 0 Å². The molecule has 0 fully saturated rings. The predicted molar refractivity (Wildman–Crippen MR) is 84.1 cm³/mol. The molecular formula is C16H15FN2OS. The van der Waals surface area contributed by atoms with E-state index < -0.39 is 0 Å². The number of rotatable bonds is 2. The van der Waals surface area contributed by atoms with Gasteiger partial charge in [0, 0.05) is 12.7 Å². The molecule has 0 aliphatic rings. The number of hydrogen-bond donors (Lipinski definition) is 1. The zero-order chi connectivity index (χ0) is 15.4. The van der Waals surface area contributed by atoms with Crippen molar-refractivity contribution in [3.8, 4) is 11.8 Å². The number of amides is 1. The molecule has 0 saturated carbocycles. The fourth-order valence-electron chi connectivity index (χ4n) is 1.79. The summed E-state index contributed by atoms with van der Waals surface area (Å²) in [5.74, 6) is 5.27. The number of carbonyl (C=O) groups excluding carboxylic acids is 1. The smallest absolute Gasteiger partial charge is 0.268 e. The summed E-state index contributed by atoms with van der Waals surface area (Å²) in [5, 5.41) is 0. The van der Waals surface area contributed by atoms with Gasteiger partial charge in [0.1, 0.15) is 5.82 Å². The van der Waals surface area contributed by atoms with E-state index in [1.807, 2.05) is 13.0 Å². The van der Waals surface area contributed by atoms with Crippen LogP contribution in [0.4, 0.5) is 10.1 Å². The highest BCUT2D eigenvalue weighted by atomic mass is 32.1. The summed E-state index contributed by atoms with van der Waals surface area (Å²) in [6.07, 6.45) is 0. The van der Waals surface area contributed by atoms with E-state index in [1.54, 1.807) is 19.2 Å². The molecule has 0 aliphatic carbocycles. The van der Waals surface area contributed by atoms with Crippen molar-refractivity contribution in [1.29, 1.82) is 0 Å². The molecule has 0 aliphatic heterocycles. The molecule has 0 radical (unpaired) electrons. The largest absolute Gasteiger partial charge is 0.320 e. The Morgan fingerprint density at radius 2 is 2.05 bits per heavy atom. The second-order valence-electron chi connectivity index (χ2n) is 4.47. The molecule has 1 aromatic heterocycles. The van der Waals surface area contributed by atoms with Crippen LogP contribution in [-0.4, -0.2) is 19.5 Å². The van der Waals surface area contributed by atoms with Crippen LogP contribution in [0.3, 0.4) is 0 Å². The van der Waals surface area contributed by atoms with Crippen molar-refractivity contribution in [3.05, 3.63) is 51.5 Å². The lowest BCUT2D eigenvalue weighted by Crippen LogP contribution is -2.25. The van der Waals surface area contributed by atoms with E-state index in [0.29, 0.717) is 10.6 Å². The number of halogens is 1. The van der Waals surface area contributed by atoms with Gasteiger partial charge in [-0.1, -0.05) is 11.8 Å².